The zero-order chi connectivity index (χ0) is 12.3. The van der Waals surface area contributed by atoms with Gasteiger partial charge in [0.05, 0.1) is 11.2 Å². The zero-order valence-electron chi connectivity index (χ0n) is 8.66. The number of pyridine rings is 1. The van der Waals surface area contributed by atoms with Crippen molar-refractivity contribution in [2.24, 2.45) is 0 Å². The average Bonchev–Trinajstić information content (AvgIpc) is 2.33. The van der Waals surface area contributed by atoms with Gasteiger partial charge in [0.15, 0.2) is 0 Å². The van der Waals surface area contributed by atoms with Crippen LogP contribution in [0.2, 0.25) is 5.02 Å². The minimum Gasteiger partial charge on any atom is -0.487 e. The summed E-state index contributed by atoms with van der Waals surface area (Å²) in [6.45, 7) is 0.208. The standard InChI is InChI=1S/C12H8BrClFNO/c13-11-5-4-9(6-16-11)17-7-8-2-1-3-10(15)12(8)14/h1-6H,7H2. The van der Waals surface area contributed by atoms with Crippen LogP contribution in [0.5, 0.6) is 5.75 Å². The molecular formula is C12H8BrClFNO. The first-order valence-corrected chi connectivity index (χ1v) is 6.01. The summed E-state index contributed by atoms with van der Waals surface area (Å²) < 4.78 is 19.3. The van der Waals surface area contributed by atoms with Gasteiger partial charge in [-0.2, -0.15) is 0 Å². The minimum atomic E-state index is -0.443. The first-order chi connectivity index (χ1) is 8.16. The Hall–Kier alpha value is -1.13. The van der Waals surface area contributed by atoms with E-state index >= 15 is 0 Å². The maximum atomic E-state index is 13.2. The third-order valence-corrected chi connectivity index (χ3v) is 3.02. The summed E-state index contributed by atoms with van der Waals surface area (Å²) in [7, 11) is 0. The van der Waals surface area contributed by atoms with Gasteiger partial charge in [-0.25, -0.2) is 9.37 Å². The molecule has 2 aromatic rings. The number of nitrogens with zero attached hydrogens (tertiary/aromatic N) is 1. The molecule has 1 heterocycles. The van der Waals surface area contributed by atoms with Gasteiger partial charge >= 0.3 is 0 Å². The topological polar surface area (TPSA) is 22.1 Å². The molecule has 0 amide bonds. The summed E-state index contributed by atoms with van der Waals surface area (Å²) in [6, 6.07) is 8.16. The monoisotopic (exact) mass is 315 g/mol. The second kappa shape index (κ2) is 5.47. The van der Waals surface area contributed by atoms with E-state index in [1.807, 2.05) is 0 Å². The van der Waals surface area contributed by atoms with Crippen LogP contribution in [0.3, 0.4) is 0 Å². The molecule has 88 valence electrons. The number of hydrogen-bond acceptors (Lipinski definition) is 2. The van der Waals surface area contributed by atoms with Crippen molar-refractivity contribution in [2.45, 2.75) is 6.61 Å². The molecule has 1 aromatic carbocycles. The lowest BCUT2D eigenvalue weighted by Gasteiger charge is -2.07. The quantitative estimate of drug-likeness (QED) is 0.791. The fourth-order valence-electron chi connectivity index (χ4n) is 1.27. The van der Waals surface area contributed by atoms with Crippen LogP contribution in [0.25, 0.3) is 0 Å². The highest BCUT2D eigenvalue weighted by Crippen LogP contribution is 2.21. The highest BCUT2D eigenvalue weighted by molar-refractivity contribution is 9.10. The highest BCUT2D eigenvalue weighted by atomic mass is 79.9. The molecule has 0 radical (unpaired) electrons. The molecule has 0 spiro atoms. The second-order valence-electron chi connectivity index (χ2n) is 3.32. The van der Waals surface area contributed by atoms with Crippen LogP contribution in [0, 0.1) is 5.82 Å². The van der Waals surface area contributed by atoms with Crippen molar-refractivity contribution in [1.82, 2.24) is 4.98 Å². The normalized spacial score (nSPS) is 10.3. The summed E-state index contributed by atoms with van der Waals surface area (Å²) in [4.78, 5) is 4.02. The van der Waals surface area contributed by atoms with Gasteiger partial charge in [-0.3, -0.25) is 0 Å². The van der Waals surface area contributed by atoms with Gasteiger partial charge in [-0.15, -0.1) is 0 Å². The molecule has 0 saturated carbocycles. The van der Waals surface area contributed by atoms with Crippen molar-refractivity contribution in [2.75, 3.05) is 0 Å². The number of halogens is 3. The van der Waals surface area contributed by atoms with Crippen LogP contribution in [-0.2, 0) is 6.61 Å². The molecule has 5 heteroatoms. The summed E-state index contributed by atoms with van der Waals surface area (Å²) in [5.74, 6) is 0.162. The van der Waals surface area contributed by atoms with Crippen molar-refractivity contribution in [3.05, 3.63) is 57.5 Å². The molecule has 0 unspecified atom stereocenters. The van der Waals surface area contributed by atoms with Crippen molar-refractivity contribution in [1.29, 1.82) is 0 Å². The van der Waals surface area contributed by atoms with E-state index in [2.05, 4.69) is 20.9 Å². The predicted octanol–water partition coefficient (Wildman–Crippen LogP) is 4.22. The SMILES string of the molecule is Fc1cccc(COc2ccc(Br)nc2)c1Cl. The van der Waals surface area contributed by atoms with E-state index in [0.29, 0.717) is 11.3 Å². The number of ether oxygens (including phenoxy) is 1. The van der Waals surface area contributed by atoms with Crippen LogP contribution in [0.15, 0.2) is 41.1 Å². The molecule has 0 aliphatic rings. The maximum Gasteiger partial charge on any atom is 0.142 e. The number of hydrogen-bond donors (Lipinski definition) is 0. The Morgan fingerprint density at radius 3 is 2.82 bits per heavy atom. The lowest BCUT2D eigenvalue weighted by Crippen LogP contribution is -1.97. The first kappa shape index (κ1) is 12.3. The molecule has 0 atom stereocenters. The van der Waals surface area contributed by atoms with Crippen molar-refractivity contribution in [3.8, 4) is 5.75 Å². The molecule has 0 N–H and O–H groups in total. The fourth-order valence-corrected chi connectivity index (χ4v) is 1.68. The average molecular weight is 317 g/mol. The molecule has 2 nitrogen and oxygen atoms in total. The van der Waals surface area contributed by atoms with Crippen LogP contribution in [-0.4, -0.2) is 4.98 Å². The van der Waals surface area contributed by atoms with Crippen molar-refractivity contribution >= 4 is 27.5 Å². The minimum absolute atomic E-state index is 0.0950. The lowest BCUT2D eigenvalue weighted by molar-refractivity contribution is 0.304. The van der Waals surface area contributed by atoms with Gasteiger partial charge in [0, 0.05) is 5.56 Å². The van der Waals surface area contributed by atoms with Crippen LogP contribution >= 0.6 is 27.5 Å². The number of rotatable bonds is 3. The Balaban J connectivity index is 2.07. The van der Waals surface area contributed by atoms with E-state index in [-0.39, 0.29) is 11.6 Å². The molecule has 0 aliphatic carbocycles. The van der Waals surface area contributed by atoms with Crippen LogP contribution < -0.4 is 4.74 Å². The first-order valence-electron chi connectivity index (χ1n) is 4.84. The van der Waals surface area contributed by atoms with Crippen LogP contribution in [0.4, 0.5) is 4.39 Å². The molecular weight excluding hydrogens is 308 g/mol. The van der Waals surface area contributed by atoms with E-state index in [1.165, 1.54) is 6.07 Å². The molecule has 17 heavy (non-hydrogen) atoms. The molecule has 0 fully saturated rings. The van der Waals surface area contributed by atoms with Gasteiger partial charge < -0.3 is 4.74 Å². The van der Waals surface area contributed by atoms with Crippen molar-refractivity contribution in [3.63, 3.8) is 0 Å². The Kier molecular flexibility index (Phi) is 3.97. The Morgan fingerprint density at radius 2 is 2.12 bits per heavy atom. The van der Waals surface area contributed by atoms with E-state index in [9.17, 15) is 4.39 Å². The number of aromatic nitrogens is 1. The second-order valence-corrected chi connectivity index (χ2v) is 4.51. The molecule has 1 aromatic heterocycles. The van der Waals surface area contributed by atoms with Gasteiger partial charge in [-0.05, 0) is 34.1 Å². The summed E-state index contributed by atoms with van der Waals surface area (Å²) in [5, 5.41) is 0.0950. The smallest absolute Gasteiger partial charge is 0.142 e. The fraction of sp³-hybridized carbons (Fsp3) is 0.0833. The largest absolute Gasteiger partial charge is 0.487 e. The van der Waals surface area contributed by atoms with E-state index < -0.39 is 5.82 Å². The van der Waals surface area contributed by atoms with Gasteiger partial charge in [0.1, 0.15) is 22.8 Å². The maximum absolute atomic E-state index is 13.2. The highest BCUT2D eigenvalue weighted by Gasteiger charge is 2.06. The Morgan fingerprint density at radius 1 is 1.29 bits per heavy atom. The lowest BCUT2D eigenvalue weighted by atomic mass is 10.2. The van der Waals surface area contributed by atoms with E-state index in [1.54, 1.807) is 30.5 Å². The zero-order valence-corrected chi connectivity index (χ0v) is 11.0. The molecule has 0 saturated heterocycles. The van der Waals surface area contributed by atoms with Gasteiger partial charge in [-0.1, -0.05) is 23.7 Å². The van der Waals surface area contributed by atoms with Crippen LogP contribution in [0.1, 0.15) is 5.56 Å². The molecule has 0 aliphatic heterocycles. The van der Waals surface area contributed by atoms with Gasteiger partial charge in [0.2, 0.25) is 0 Å². The summed E-state index contributed by atoms with van der Waals surface area (Å²) in [6.07, 6.45) is 1.58. The summed E-state index contributed by atoms with van der Waals surface area (Å²) >= 11 is 9.03. The third kappa shape index (κ3) is 3.17. The van der Waals surface area contributed by atoms with Crippen molar-refractivity contribution < 1.29 is 9.13 Å². The Labute approximate surface area is 112 Å². The van der Waals surface area contributed by atoms with E-state index in [0.717, 1.165) is 4.60 Å². The summed E-state index contributed by atoms with van der Waals surface area (Å²) in [5.41, 5.74) is 0.606. The molecule has 0 bridgehead atoms. The molecule has 2 rings (SSSR count). The van der Waals surface area contributed by atoms with E-state index in [4.69, 9.17) is 16.3 Å². The Bertz CT molecular complexity index is 518. The van der Waals surface area contributed by atoms with Gasteiger partial charge in [0.25, 0.3) is 0 Å². The number of benzene rings is 1. The third-order valence-electron chi connectivity index (χ3n) is 2.13. The predicted molar refractivity (Wildman–Crippen MR) is 67.7 cm³/mol.